The summed E-state index contributed by atoms with van der Waals surface area (Å²) in [6.07, 6.45) is 0.719. The summed E-state index contributed by atoms with van der Waals surface area (Å²) >= 11 is 3.41. The van der Waals surface area contributed by atoms with Gasteiger partial charge in [-0.25, -0.2) is 4.79 Å². The predicted molar refractivity (Wildman–Crippen MR) is 85.2 cm³/mol. The molecule has 1 aliphatic heterocycles. The van der Waals surface area contributed by atoms with Crippen LogP contribution in [0.2, 0.25) is 0 Å². The van der Waals surface area contributed by atoms with Crippen molar-refractivity contribution in [1.29, 1.82) is 0 Å². The van der Waals surface area contributed by atoms with Gasteiger partial charge in [0.2, 0.25) is 5.91 Å². The zero-order valence-electron chi connectivity index (χ0n) is 11.5. The number of amides is 1. The molecule has 5 heteroatoms. The summed E-state index contributed by atoms with van der Waals surface area (Å²) in [5.74, 6) is -0.901. The molecule has 0 bridgehead atoms. The molecule has 2 aliphatic rings. The molecular weight excluding hydrogens is 346 g/mol. The number of hydrogen-bond donors (Lipinski definition) is 2. The second-order valence-corrected chi connectivity index (χ2v) is 6.71. The quantitative estimate of drug-likeness (QED) is 0.863. The van der Waals surface area contributed by atoms with Gasteiger partial charge in [0.25, 0.3) is 0 Å². The summed E-state index contributed by atoms with van der Waals surface area (Å²) in [6, 6.07) is 12.8. The summed E-state index contributed by atoms with van der Waals surface area (Å²) in [7, 11) is 0. The van der Waals surface area contributed by atoms with E-state index in [9.17, 15) is 14.7 Å². The van der Waals surface area contributed by atoms with E-state index in [0.29, 0.717) is 0 Å². The Morgan fingerprint density at radius 2 is 1.95 bits per heavy atom. The zero-order valence-corrected chi connectivity index (χ0v) is 13.1. The van der Waals surface area contributed by atoms with Gasteiger partial charge in [0.05, 0.1) is 11.0 Å². The molecule has 1 heterocycles. The van der Waals surface area contributed by atoms with Gasteiger partial charge in [0, 0.05) is 16.1 Å². The number of carboxylic acid groups (broad SMARTS) is 1. The summed E-state index contributed by atoms with van der Waals surface area (Å²) < 4.78 is 0.996. The molecule has 1 spiro atoms. The number of nitrogens with one attached hydrogen (secondary N) is 1. The monoisotopic (exact) mass is 357 g/mol. The first-order valence-electron chi connectivity index (χ1n) is 6.97. The van der Waals surface area contributed by atoms with Gasteiger partial charge in [-0.2, -0.15) is 0 Å². The molecule has 1 fully saturated rings. The average Bonchev–Trinajstić information content (AvgIpc) is 3.18. The first-order chi connectivity index (χ1) is 10.5. The Kier molecular flexibility index (Phi) is 2.72. The molecule has 4 nitrogen and oxygen atoms in total. The van der Waals surface area contributed by atoms with Crippen molar-refractivity contribution in [2.75, 3.05) is 5.32 Å². The van der Waals surface area contributed by atoms with E-state index in [1.165, 1.54) is 6.07 Å². The lowest BCUT2D eigenvalue weighted by Gasteiger charge is -2.09. The minimum absolute atomic E-state index is 0.0297. The Balaban J connectivity index is 1.79. The van der Waals surface area contributed by atoms with Crippen LogP contribution in [0.1, 0.15) is 33.8 Å². The Hall–Kier alpha value is -2.14. The predicted octanol–water partition coefficient (Wildman–Crippen LogP) is 3.52. The van der Waals surface area contributed by atoms with Gasteiger partial charge < -0.3 is 10.4 Å². The van der Waals surface area contributed by atoms with Crippen LogP contribution in [0, 0.1) is 0 Å². The molecule has 1 saturated carbocycles. The first kappa shape index (κ1) is 13.5. The van der Waals surface area contributed by atoms with Crippen molar-refractivity contribution < 1.29 is 14.7 Å². The molecule has 0 aromatic heterocycles. The van der Waals surface area contributed by atoms with Gasteiger partial charge in [-0.3, -0.25) is 4.79 Å². The number of halogens is 1. The second-order valence-electron chi connectivity index (χ2n) is 5.80. The van der Waals surface area contributed by atoms with E-state index >= 15 is 0 Å². The SMILES string of the molecule is O=C(O)c1ccc2c(c1)[C@]1(C[C@H]1c1ccc(Br)cc1)C(=O)N2. The maximum Gasteiger partial charge on any atom is 0.335 e. The van der Waals surface area contributed by atoms with E-state index in [0.717, 1.165) is 27.7 Å². The molecule has 110 valence electrons. The lowest BCUT2D eigenvalue weighted by Crippen LogP contribution is -2.21. The lowest BCUT2D eigenvalue weighted by atomic mass is 9.91. The van der Waals surface area contributed by atoms with Crippen LogP contribution >= 0.6 is 15.9 Å². The maximum atomic E-state index is 12.5. The van der Waals surface area contributed by atoms with Gasteiger partial charge >= 0.3 is 5.97 Å². The third-order valence-corrected chi connectivity index (χ3v) is 5.16. The molecule has 4 rings (SSSR count). The number of carbonyl (C=O) groups is 2. The van der Waals surface area contributed by atoms with Crippen molar-refractivity contribution >= 4 is 33.5 Å². The minimum Gasteiger partial charge on any atom is -0.478 e. The summed E-state index contributed by atoms with van der Waals surface area (Å²) in [6.45, 7) is 0. The summed E-state index contributed by atoms with van der Waals surface area (Å²) in [5, 5.41) is 12.1. The highest BCUT2D eigenvalue weighted by atomic mass is 79.9. The van der Waals surface area contributed by atoms with E-state index < -0.39 is 11.4 Å². The molecule has 1 amide bonds. The Morgan fingerprint density at radius 1 is 1.23 bits per heavy atom. The minimum atomic E-state index is -0.974. The largest absolute Gasteiger partial charge is 0.478 e. The number of benzene rings is 2. The van der Waals surface area contributed by atoms with E-state index in [-0.39, 0.29) is 17.4 Å². The highest BCUT2D eigenvalue weighted by molar-refractivity contribution is 9.10. The van der Waals surface area contributed by atoms with Crippen molar-refractivity contribution in [3.8, 4) is 0 Å². The van der Waals surface area contributed by atoms with Crippen molar-refractivity contribution in [3.05, 3.63) is 63.6 Å². The average molecular weight is 358 g/mol. The van der Waals surface area contributed by atoms with E-state index in [1.807, 2.05) is 24.3 Å². The van der Waals surface area contributed by atoms with Crippen LogP contribution in [0.15, 0.2) is 46.9 Å². The van der Waals surface area contributed by atoms with Gasteiger partial charge in [-0.1, -0.05) is 28.1 Å². The topological polar surface area (TPSA) is 66.4 Å². The van der Waals surface area contributed by atoms with Crippen LogP contribution in [-0.2, 0) is 10.2 Å². The number of fused-ring (bicyclic) bond motifs is 2. The number of carbonyl (C=O) groups excluding carboxylic acids is 1. The number of carboxylic acids is 1. The molecule has 0 radical (unpaired) electrons. The fourth-order valence-corrected chi connectivity index (χ4v) is 3.68. The maximum absolute atomic E-state index is 12.5. The van der Waals surface area contributed by atoms with Gasteiger partial charge in [0.1, 0.15) is 0 Å². The molecular formula is C17H12BrNO3. The van der Waals surface area contributed by atoms with Gasteiger partial charge in [0.15, 0.2) is 0 Å². The molecule has 0 saturated heterocycles. The standard InChI is InChI=1S/C17H12BrNO3/c18-11-4-1-9(2-5-11)13-8-17(13)12-7-10(15(20)21)3-6-14(12)19-16(17)22/h1-7,13H,8H2,(H,19,22)(H,20,21)/t13-,17-/m0/s1. The Morgan fingerprint density at radius 3 is 2.64 bits per heavy atom. The fraction of sp³-hybridized carbons (Fsp3) is 0.176. The third-order valence-electron chi connectivity index (χ3n) is 4.63. The third kappa shape index (κ3) is 1.75. The van der Waals surface area contributed by atoms with Crippen LogP contribution in [0.5, 0.6) is 0 Å². The van der Waals surface area contributed by atoms with Crippen molar-refractivity contribution in [3.63, 3.8) is 0 Å². The van der Waals surface area contributed by atoms with Gasteiger partial charge in [-0.05, 0) is 47.9 Å². The number of hydrogen-bond acceptors (Lipinski definition) is 2. The van der Waals surface area contributed by atoms with Crippen LogP contribution in [0.3, 0.4) is 0 Å². The fourth-order valence-electron chi connectivity index (χ4n) is 3.42. The smallest absolute Gasteiger partial charge is 0.335 e. The summed E-state index contributed by atoms with van der Waals surface area (Å²) in [5.41, 5.74) is 2.26. The highest BCUT2D eigenvalue weighted by Crippen LogP contribution is 2.65. The zero-order chi connectivity index (χ0) is 15.5. The molecule has 1 aliphatic carbocycles. The number of rotatable bonds is 2. The van der Waals surface area contributed by atoms with Crippen LogP contribution in [0.4, 0.5) is 5.69 Å². The molecule has 2 aromatic rings. The van der Waals surface area contributed by atoms with Crippen LogP contribution < -0.4 is 5.32 Å². The molecule has 22 heavy (non-hydrogen) atoms. The second kappa shape index (κ2) is 4.43. The highest BCUT2D eigenvalue weighted by Gasteiger charge is 2.65. The summed E-state index contributed by atoms with van der Waals surface area (Å²) in [4.78, 5) is 23.7. The van der Waals surface area contributed by atoms with Crippen molar-refractivity contribution in [2.45, 2.75) is 17.8 Å². The van der Waals surface area contributed by atoms with Crippen LogP contribution in [-0.4, -0.2) is 17.0 Å². The molecule has 2 aromatic carbocycles. The number of aromatic carboxylic acids is 1. The van der Waals surface area contributed by atoms with Crippen molar-refractivity contribution in [1.82, 2.24) is 0 Å². The Bertz CT molecular complexity index is 815. The molecule has 0 unspecified atom stereocenters. The lowest BCUT2D eigenvalue weighted by molar-refractivity contribution is -0.118. The molecule has 2 N–H and O–H groups in total. The van der Waals surface area contributed by atoms with E-state index in [1.54, 1.807) is 12.1 Å². The van der Waals surface area contributed by atoms with E-state index in [2.05, 4.69) is 21.2 Å². The Labute approximate surface area is 135 Å². The van der Waals surface area contributed by atoms with Crippen LogP contribution in [0.25, 0.3) is 0 Å². The van der Waals surface area contributed by atoms with Crippen molar-refractivity contribution in [2.24, 2.45) is 0 Å². The first-order valence-corrected chi connectivity index (χ1v) is 7.76. The van der Waals surface area contributed by atoms with Gasteiger partial charge in [-0.15, -0.1) is 0 Å². The normalized spacial score (nSPS) is 25.0. The number of anilines is 1. The molecule has 2 atom stereocenters. The van der Waals surface area contributed by atoms with E-state index in [4.69, 9.17) is 0 Å².